The van der Waals surface area contributed by atoms with Crippen LogP contribution < -0.4 is 16.0 Å². The molecular formula is C37H50Cl2N4O4. The van der Waals surface area contributed by atoms with E-state index >= 15 is 0 Å². The van der Waals surface area contributed by atoms with E-state index in [-0.39, 0.29) is 23.3 Å². The van der Waals surface area contributed by atoms with Crippen molar-refractivity contribution in [3.63, 3.8) is 0 Å². The van der Waals surface area contributed by atoms with Crippen molar-refractivity contribution in [1.29, 1.82) is 0 Å². The molecule has 0 bridgehead atoms. The Morgan fingerprint density at radius 2 is 1.36 bits per heavy atom. The van der Waals surface area contributed by atoms with Crippen LogP contribution in [0.4, 0.5) is 4.79 Å². The van der Waals surface area contributed by atoms with E-state index in [1.807, 2.05) is 49.9 Å². The molecule has 2 saturated heterocycles. The van der Waals surface area contributed by atoms with Gasteiger partial charge in [0.05, 0.1) is 0 Å². The monoisotopic (exact) mass is 684 g/mol. The molecule has 6 rings (SSSR count). The molecule has 2 aromatic carbocycles. The minimum absolute atomic E-state index is 0.0851. The lowest BCUT2D eigenvalue weighted by molar-refractivity contribution is 0.0183. The average Bonchev–Trinajstić information content (AvgIpc) is 3.66. The Morgan fingerprint density at radius 1 is 0.851 bits per heavy atom. The predicted octanol–water partition coefficient (Wildman–Crippen LogP) is 6.91. The molecule has 0 atom stereocenters. The Bertz CT molecular complexity index is 1470. The average molecular weight is 686 g/mol. The summed E-state index contributed by atoms with van der Waals surface area (Å²) in [4.78, 5) is 37.4. The van der Waals surface area contributed by atoms with E-state index in [9.17, 15) is 14.4 Å². The van der Waals surface area contributed by atoms with E-state index in [4.69, 9.17) is 27.9 Å². The molecule has 4 aliphatic rings. The third kappa shape index (κ3) is 8.62. The number of carbonyl (C=O) groups is 3. The van der Waals surface area contributed by atoms with Gasteiger partial charge in [-0.25, -0.2) is 4.79 Å². The van der Waals surface area contributed by atoms with Crippen LogP contribution in [0.25, 0.3) is 0 Å². The van der Waals surface area contributed by atoms with Crippen molar-refractivity contribution < 1.29 is 19.1 Å². The number of hydrogen-bond acceptors (Lipinski definition) is 5. The minimum atomic E-state index is -0.452. The van der Waals surface area contributed by atoms with Crippen molar-refractivity contribution in [3.05, 3.63) is 68.7 Å². The summed E-state index contributed by atoms with van der Waals surface area (Å²) in [5, 5.41) is 10.1. The molecule has 0 aromatic heterocycles. The fraction of sp³-hybridized carbons (Fsp3) is 0.595. The number of rotatable bonds is 6. The van der Waals surface area contributed by atoms with Crippen LogP contribution in [-0.2, 0) is 17.6 Å². The van der Waals surface area contributed by atoms with E-state index < -0.39 is 5.60 Å². The number of ether oxygens (including phenoxy) is 1. The highest BCUT2D eigenvalue weighted by Crippen LogP contribution is 2.53. The first-order chi connectivity index (χ1) is 22.2. The van der Waals surface area contributed by atoms with Crippen molar-refractivity contribution in [1.82, 2.24) is 20.9 Å². The molecule has 4 fully saturated rings. The molecule has 0 unspecified atom stereocenters. The molecule has 2 spiro atoms. The first-order valence-electron chi connectivity index (χ1n) is 16.9. The maximum Gasteiger partial charge on any atom is 0.410 e. The molecule has 47 heavy (non-hydrogen) atoms. The molecule has 0 radical (unpaired) electrons. The summed E-state index contributed by atoms with van der Waals surface area (Å²) in [5.41, 5.74) is 3.85. The summed E-state index contributed by atoms with van der Waals surface area (Å²) >= 11 is 12.7. The van der Waals surface area contributed by atoms with Crippen molar-refractivity contribution in [2.75, 3.05) is 40.3 Å². The molecule has 10 heteroatoms. The van der Waals surface area contributed by atoms with E-state index in [1.165, 1.54) is 37.9 Å². The molecule has 2 aliphatic carbocycles. The first-order valence-corrected chi connectivity index (χ1v) is 17.7. The third-order valence-electron chi connectivity index (χ3n) is 10.4. The van der Waals surface area contributed by atoms with Gasteiger partial charge in [0.1, 0.15) is 5.60 Å². The van der Waals surface area contributed by atoms with Crippen molar-refractivity contribution in [2.24, 2.45) is 22.7 Å². The van der Waals surface area contributed by atoms with Crippen LogP contribution >= 0.6 is 23.2 Å². The molecule has 2 aromatic rings. The highest BCUT2D eigenvalue weighted by Gasteiger charge is 2.50. The number of hydrogen-bond donors (Lipinski definition) is 3. The lowest BCUT2D eigenvalue weighted by atomic mass is 9.60. The van der Waals surface area contributed by atoms with Crippen molar-refractivity contribution >= 4 is 41.1 Å². The van der Waals surface area contributed by atoms with Crippen LogP contribution in [0.5, 0.6) is 0 Å². The number of halogens is 2. The molecule has 3 N–H and O–H groups in total. The second kappa shape index (κ2) is 14.4. The maximum absolute atomic E-state index is 12.3. The van der Waals surface area contributed by atoms with Gasteiger partial charge in [-0.3, -0.25) is 9.59 Å². The van der Waals surface area contributed by atoms with Crippen molar-refractivity contribution in [2.45, 2.75) is 77.7 Å². The Hall–Kier alpha value is -2.81. The van der Waals surface area contributed by atoms with Crippen LogP contribution in [0.3, 0.4) is 0 Å². The van der Waals surface area contributed by atoms with Gasteiger partial charge in [-0.05, 0) is 137 Å². The van der Waals surface area contributed by atoms with E-state index in [0.29, 0.717) is 27.5 Å². The number of likely N-dealkylation sites (tertiary alicyclic amines) is 1. The zero-order chi connectivity index (χ0) is 34.0. The van der Waals surface area contributed by atoms with Crippen molar-refractivity contribution in [3.8, 4) is 0 Å². The fourth-order valence-electron chi connectivity index (χ4n) is 8.13. The lowest BCUT2D eigenvalue weighted by Crippen LogP contribution is -2.42. The molecule has 8 nitrogen and oxygen atoms in total. The second-order valence-electron chi connectivity index (χ2n) is 15.3. The fourth-order valence-corrected chi connectivity index (χ4v) is 8.65. The molecule has 2 saturated carbocycles. The van der Waals surface area contributed by atoms with Crippen LogP contribution in [0.1, 0.15) is 91.1 Å². The van der Waals surface area contributed by atoms with Gasteiger partial charge in [-0.2, -0.15) is 0 Å². The number of amides is 3. The van der Waals surface area contributed by atoms with Gasteiger partial charge in [0.2, 0.25) is 0 Å². The zero-order valence-electron chi connectivity index (χ0n) is 28.4. The van der Waals surface area contributed by atoms with Gasteiger partial charge in [0.15, 0.2) is 0 Å². The predicted molar refractivity (Wildman–Crippen MR) is 187 cm³/mol. The molecule has 3 amide bonds. The van der Waals surface area contributed by atoms with Gasteiger partial charge in [-0.1, -0.05) is 35.3 Å². The largest absolute Gasteiger partial charge is 0.444 e. The Balaban J connectivity index is 0.000000193. The quantitative estimate of drug-likeness (QED) is 0.307. The Labute approximate surface area is 289 Å². The smallest absolute Gasteiger partial charge is 0.410 e. The van der Waals surface area contributed by atoms with Crippen LogP contribution in [0.15, 0.2) is 36.4 Å². The summed E-state index contributed by atoms with van der Waals surface area (Å²) in [7, 11) is 3.24. The lowest BCUT2D eigenvalue weighted by Gasteiger charge is -2.45. The third-order valence-corrected chi connectivity index (χ3v) is 11.1. The van der Waals surface area contributed by atoms with E-state index in [2.05, 4.69) is 16.0 Å². The zero-order valence-corrected chi connectivity index (χ0v) is 30.0. The van der Waals surface area contributed by atoms with Gasteiger partial charge >= 0.3 is 6.09 Å². The van der Waals surface area contributed by atoms with Crippen LogP contribution in [0, 0.1) is 22.7 Å². The Kier molecular flexibility index (Phi) is 10.8. The molecular weight excluding hydrogens is 635 g/mol. The van der Waals surface area contributed by atoms with Gasteiger partial charge in [0.25, 0.3) is 11.8 Å². The molecule has 2 heterocycles. The first kappa shape index (κ1) is 35.5. The SMILES string of the molecule is CNC(=O)c1ccc(CC2CC3(CCN(C(=O)OC(C)(C)C)C3)C2)c(Cl)c1.CNC(=O)c1ccc(CC2CC3(CCNC3)C2)c(Cl)c1. The highest BCUT2D eigenvalue weighted by molar-refractivity contribution is 6.32. The summed E-state index contributed by atoms with van der Waals surface area (Å²) < 4.78 is 5.50. The summed E-state index contributed by atoms with van der Waals surface area (Å²) in [6.07, 6.45) is 8.98. The van der Waals surface area contributed by atoms with E-state index in [1.54, 1.807) is 26.2 Å². The second-order valence-corrected chi connectivity index (χ2v) is 16.1. The van der Waals surface area contributed by atoms with Crippen LogP contribution in [0.2, 0.25) is 10.0 Å². The Morgan fingerprint density at radius 3 is 1.79 bits per heavy atom. The minimum Gasteiger partial charge on any atom is -0.444 e. The number of benzene rings is 2. The molecule has 2 aliphatic heterocycles. The van der Waals surface area contributed by atoms with Crippen LogP contribution in [-0.4, -0.2) is 68.7 Å². The van der Waals surface area contributed by atoms with E-state index in [0.717, 1.165) is 61.7 Å². The molecule has 256 valence electrons. The number of nitrogens with zero attached hydrogens (tertiary/aromatic N) is 1. The number of carbonyl (C=O) groups excluding carboxylic acids is 3. The summed E-state index contributed by atoms with van der Waals surface area (Å²) in [5.74, 6) is 1.11. The normalized spacial score (nSPS) is 26.2. The van der Waals surface area contributed by atoms with Gasteiger partial charge < -0.3 is 25.6 Å². The highest BCUT2D eigenvalue weighted by atomic mass is 35.5. The standard InChI is InChI=1S/C21H29ClN2O3.C16H21ClN2O/c1-20(2,3)27-19(26)24-8-7-21(13-24)11-14(12-21)9-15-5-6-16(10-17(15)22)18(25)23-4;1-18-15(20)13-3-2-12(14(17)7-13)6-11-8-16(9-11)4-5-19-10-16/h5-6,10,14H,7-9,11-13H2,1-4H3,(H,23,25);2-3,7,11,19H,4-6,8-10H2,1H3,(H,18,20). The summed E-state index contributed by atoms with van der Waals surface area (Å²) in [6, 6.07) is 11.2. The topological polar surface area (TPSA) is 99.8 Å². The maximum atomic E-state index is 12.3. The summed E-state index contributed by atoms with van der Waals surface area (Å²) in [6.45, 7) is 9.63. The van der Waals surface area contributed by atoms with Gasteiger partial charge in [-0.15, -0.1) is 0 Å². The van der Waals surface area contributed by atoms with Gasteiger partial charge in [0, 0.05) is 54.9 Å². The number of nitrogens with one attached hydrogen (secondary N) is 3.